The summed E-state index contributed by atoms with van der Waals surface area (Å²) < 4.78 is 0. The van der Waals surface area contributed by atoms with Crippen LogP contribution in [0.2, 0.25) is 0 Å². The number of benzene rings is 1. The van der Waals surface area contributed by atoms with Crippen molar-refractivity contribution < 1.29 is 4.79 Å². The van der Waals surface area contributed by atoms with Gasteiger partial charge in [-0.15, -0.1) is 0 Å². The van der Waals surface area contributed by atoms with Gasteiger partial charge in [-0.3, -0.25) is 4.79 Å². The van der Waals surface area contributed by atoms with E-state index in [1.807, 2.05) is 0 Å². The van der Waals surface area contributed by atoms with E-state index in [-0.39, 0.29) is 10.8 Å². The van der Waals surface area contributed by atoms with Gasteiger partial charge in [-0.2, -0.15) is 0 Å². The Morgan fingerprint density at radius 3 is 2.00 bits per heavy atom. The van der Waals surface area contributed by atoms with E-state index in [9.17, 15) is 4.79 Å². The van der Waals surface area contributed by atoms with Gasteiger partial charge < -0.3 is 0 Å². The number of carbonyl (C=O) groups is 1. The first-order chi connectivity index (χ1) is 7.73. The second-order valence-electron chi connectivity index (χ2n) is 6.77. The number of hydrogen-bond acceptors (Lipinski definition) is 1. The van der Waals surface area contributed by atoms with Gasteiger partial charge in [0.05, 0.1) is 0 Å². The summed E-state index contributed by atoms with van der Waals surface area (Å²) in [4.78, 5) is 11.6. The Balaban J connectivity index is 2.23. The van der Waals surface area contributed by atoms with Gasteiger partial charge in [-0.05, 0) is 16.5 Å². The summed E-state index contributed by atoms with van der Waals surface area (Å²) >= 11 is 0. The Morgan fingerprint density at radius 2 is 1.65 bits per heavy atom. The number of hydrogen-bond donors (Lipinski definition) is 0. The molecule has 1 nitrogen and oxygen atoms in total. The van der Waals surface area contributed by atoms with Crippen LogP contribution in [0.1, 0.15) is 58.1 Å². The highest BCUT2D eigenvalue weighted by Gasteiger charge is 2.47. The minimum atomic E-state index is -0.163. The second-order valence-corrected chi connectivity index (χ2v) is 6.77. The first kappa shape index (κ1) is 12.3. The van der Waals surface area contributed by atoms with Crippen molar-refractivity contribution in [3.8, 4) is 0 Å². The lowest BCUT2D eigenvalue weighted by molar-refractivity contribution is -0.137. The van der Waals surface area contributed by atoms with Crippen molar-refractivity contribution >= 4 is 5.78 Å². The van der Waals surface area contributed by atoms with Crippen molar-refractivity contribution in [2.45, 2.75) is 52.4 Å². The third-order valence-electron chi connectivity index (χ3n) is 4.16. The summed E-state index contributed by atoms with van der Waals surface area (Å²) in [5.41, 5.74) is 2.69. The van der Waals surface area contributed by atoms with E-state index in [2.05, 4.69) is 58.9 Å². The molecule has 1 aliphatic rings. The lowest BCUT2D eigenvalue weighted by Crippen LogP contribution is -2.43. The molecule has 0 saturated heterocycles. The monoisotopic (exact) mass is 230 g/mol. The molecule has 92 valence electrons. The molecule has 1 aromatic rings. The first-order valence-corrected chi connectivity index (χ1v) is 6.36. The second kappa shape index (κ2) is 3.69. The molecule has 0 aliphatic heterocycles. The molecule has 1 aromatic carbocycles. The Morgan fingerprint density at radius 1 is 1.12 bits per heavy atom. The Hall–Kier alpha value is -1.11. The lowest BCUT2D eigenvalue weighted by Gasteiger charge is -2.43. The molecular formula is C16H22O. The fourth-order valence-corrected chi connectivity index (χ4v) is 2.52. The van der Waals surface area contributed by atoms with Crippen LogP contribution in [-0.4, -0.2) is 5.78 Å². The Labute approximate surface area is 104 Å². The molecule has 0 spiro atoms. The SMILES string of the molecule is CC(C)(C)c1ccc(C2CC(=O)C2(C)C)cc1. The minimum absolute atomic E-state index is 0.163. The molecule has 1 saturated carbocycles. The van der Waals surface area contributed by atoms with Gasteiger partial charge in [0.1, 0.15) is 5.78 Å². The number of Topliss-reactive ketones (excluding diaryl/α,β-unsaturated/α-hetero) is 1. The summed E-state index contributed by atoms with van der Waals surface area (Å²) in [6.07, 6.45) is 0.710. The highest BCUT2D eigenvalue weighted by molar-refractivity contribution is 5.92. The van der Waals surface area contributed by atoms with Gasteiger partial charge in [0.25, 0.3) is 0 Å². The molecule has 1 unspecified atom stereocenters. The third-order valence-corrected chi connectivity index (χ3v) is 4.16. The molecule has 2 rings (SSSR count). The maximum Gasteiger partial charge on any atom is 0.139 e. The van der Waals surface area contributed by atoms with Crippen LogP contribution in [0.4, 0.5) is 0 Å². The van der Waals surface area contributed by atoms with Crippen LogP contribution in [0.25, 0.3) is 0 Å². The molecule has 1 aliphatic carbocycles. The molecule has 17 heavy (non-hydrogen) atoms. The third kappa shape index (κ3) is 2.03. The van der Waals surface area contributed by atoms with Crippen LogP contribution in [0.15, 0.2) is 24.3 Å². The van der Waals surface area contributed by atoms with E-state index in [0.29, 0.717) is 18.1 Å². The molecule has 0 N–H and O–H groups in total. The average Bonchev–Trinajstić information content (AvgIpc) is 2.25. The van der Waals surface area contributed by atoms with E-state index in [4.69, 9.17) is 0 Å². The smallest absolute Gasteiger partial charge is 0.139 e. The molecule has 0 heterocycles. The molecule has 0 radical (unpaired) electrons. The highest BCUT2D eigenvalue weighted by Crippen LogP contribution is 2.49. The van der Waals surface area contributed by atoms with Crippen LogP contribution in [0.5, 0.6) is 0 Å². The minimum Gasteiger partial charge on any atom is -0.299 e. The predicted octanol–water partition coefficient (Wildman–Crippen LogP) is 4.07. The van der Waals surface area contributed by atoms with Crippen LogP contribution < -0.4 is 0 Å². The maximum atomic E-state index is 11.6. The average molecular weight is 230 g/mol. The summed E-state index contributed by atoms with van der Waals surface area (Å²) in [5, 5.41) is 0. The first-order valence-electron chi connectivity index (χ1n) is 6.36. The van der Waals surface area contributed by atoms with E-state index in [0.717, 1.165) is 0 Å². The molecule has 0 aromatic heterocycles. The van der Waals surface area contributed by atoms with Gasteiger partial charge in [0.15, 0.2) is 0 Å². The standard InChI is InChI=1S/C16H22O/c1-15(2,3)12-8-6-11(7-9-12)13-10-14(17)16(13,4)5/h6-9,13H,10H2,1-5H3. The molecule has 0 amide bonds. The molecule has 1 fully saturated rings. The van der Waals surface area contributed by atoms with Crippen LogP contribution in [0.3, 0.4) is 0 Å². The van der Waals surface area contributed by atoms with E-state index in [1.165, 1.54) is 11.1 Å². The predicted molar refractivity (Wildman–Crippen MR) is 71.3 cm³/mol. The van der Waals surface area contributed by atoms with Gasteiger partial charge >= 0.3 is 0 Å². The van der Waals surface area contributed by atoms with Crippen molar-refractivity contribution in [2.75, 3.05) is 0 Å². The molecule has 1 atom stereocenters. The van der Waals surface area contributed by atoms with Gasteiger partial charge in [0, 0.05) is 17.8 Å². The normalized spacial score (nSPS) is 23.4. The summed E-state index contributed by atoms with van der Waals surface area (Å²) in [7, 11) is 0. The van der Waals surface area contributed by atoms with E-state index in [1.54, 1.807) is 0 Å². The largest absolute Gasteiger partial charge is 0.299 e. The summed E-state index contributed by atoms with van der Waals surface area (Å²) in [6, 6.07) is 8.79. The summed E-state index contributed by atoms with van der Waals surface area (Å²) in [5.74, 6) is 0.798. The fraction of sp³-hybridized carbons (Fsp3) is 0.562. The van der Waals surface area contributed by atoms with E-state index >= 15 is 0 Å². The molecular weight excluding hydrogens is 208 g/mol. The van der Waals surface area contributed by atoms with E-state index < -0.39 is 0 Å². The van der Waals surface area contributed by atoms with Gasteiger partial charge in [-0.1, -0.05) is 58.9 Å². The topological polar surface area (TPSA) is 17.1 Å². The quantitative estimate of drug-likeness (QED) is 0.711. The van der Waals surface area contributed by atoms with Crippen molar-refractivity contribution in [1.82, 2.24) is 0 Å². The zero-order chi connectivity index (χ0) is 12.8. The number of rotatable bonds is 1. The van der Waals surface area contributed by atoms with Crippen molar-refractivity contribution in [3.05, 3.63) is 35.4 Å². The van der Waals surface area contributed by atoms with Crippen LogP contribution >= 0.6 is 0 Å². The Kier molecular flexibility index (Phi) is 2.68. The lowest BCUT2D eigenvalue weighted by atomic mass is 9.59. The van der Waals surface area contributed by atoms with Gasteiger partial charge in [0.2, 0.25) is 0 Å². The fourth-order valence-electron chi connectivity index (χ4n) is 2.52. The zero-order valence-corrected chi connectivity index (χ0v) is 11.5. The molecule has 1 heteroatoms. The van der Waals surface area contributed by atoms with Crippen LogP contribution in [0, 0.1) is 5.41 Å². The maximum absolute atomic E-state index is 11.6. The Bertz CT molecular complexity index is 432. The number of ketones is 1. The van der Waals surface area contributed by atoms with Crippen molar-refractivity contribution in [2.24, 2.45) is 5.41 Å². The van der Waals surface area contributed by atoms with Crippen molar-refractivity contribution in [3.63, 3.8) is 0 Å². The number of carbonyl (C=O) groups excluding carboxylic acids is 1. The summed E-state index contributed by atoms with van der Waals surface area (Å²) in [6.45, 7) is 10.8. The highest BCUT2D eigenvalue weighted by atomic mass is 16.1. The molecule has 0 bridgehead atoms. The zero-order valence-electron chi connectivity index (χ0n) is 11.5. The van der Waals surface area contributed by atoms with Gasteiger partial charge in [-0.25, -0.2) is 0 Å². The van der Waals surface area contributed by atoms with Crippen molar-refractivity contribution in [1.29, 1.82) is 0 Å². The van der Waals surface area contributed by atoms with Crippen LogP contribution in [-0.2, 0) is 10.2 Å².